The first-order valence-electron chi connectivity index (χ1n) is 10.8. The van der Waals surface area contributed by atoms with Crippen molar-refractivity contribution in [3.8, 4) is 11.5 Å². The molecule has 4 rings (SSSR count). The number of para-hydroxylation sites is 1. The molecular weight excluding hydrogens is 423 g/mol. The predicted molar refractivity (Wildman–Crippen MR) is 122 cm³/mol. The first kappa shape index (κ1) is 22.3. The second kappa shape index (κ2) is 10.2. The molecule has 1 aliphatic heterocycles. The first-order valence-corrected chi connectivity index (χ1v) is 10.8. The molecule has 170 valence electrons. The molecule has 33 heavy (non-hydrogen) atoms. The Morgan fingerprint density at radius 2 is 1.88 bits per heavy atom. The molecule has 0 saturated carbocycles. The molecule has 7 heteroatoms. The van der Waals surface area contributed by atoms with Gasteiger partial charge in [0.15, 0.2) is 12.7 Å². The van der Waals surface area contributed by atoms with Crippen LogP contribution >= 0.6 is 0 Å². The number of benzene rings is 3. The zero-order chi connectivity index (χ0) is 23.2. The van der Waals surface area contributed by atoms with Crippen LogP contribution in [-0.4, -0.2) is 29.4 Å². The molecule has 1 N–H and O–H groups in total. The van der Waals surface area contributed by atoms with Crippen LogP contribution in [0.3, 0.4) is 0 Å². The Balaban J connectivity index is 1.48. The van der Waals surface area contributed by atoms with Crippen LogP contribution in [0.2, 0.25) is 0 Å². The highest BCUT2D eigenvalue weighted by Crippen LogP contribution is 2.30. The Morgan fingerprint density at radius 3 is 2.61 bits per heavy atom. The molecule has 1 aliphatic rings. The van der Waals surface area contributed by atoms with Crippen molar-refractivity contribution in [2.45, 2.75) is 32.5 Å². The average molecular weight is 448 g/mol. The third-order valence-electron chi connectivity index (χ3n) is 5.33. The van der Waals surface area contributed by atoms with Gasteiger partial charge in [0.2, 0.25) is 0 Å². The molecule has 2 amide bonds. The molecule has 0 radical (unpaired) electrons. The Morgan fingerprint density at radius 1 is 1.12 bits per heavy atom. The van der Waals surface area contributed by atoms with E-state index in [1.54, 1.807) is 47.4 Å². The predicted octanol–water partition coefficient (Wildman–Crippen LogP) is 4.54. The maximum absolute atomic E-state index is 13.3. The second-order valence-electron chi connectivity index (χ2n) is 7.81. The van der Waals surface area contributed by atoms with E-state index in [2.05, 4.69) is 5.32 Å². The normalized spacial score (nSPS) is 15.3. The lowest BCUT2D eigenvalue weighted by molar-refractivity contribution is -0.139. The quantitative estimate of drug-likeness (QED) is 0.576. The number of ether oxygens (including phenoxy) is 2. The van der Waals surface area contributed by atoms with E-state index in [1.165, 1.54) is 12.1 Å². The summed E-state index contributed by atoms with van der Waals surface area (Å²) in [6, 6.07) is 20.5. The highest BCUT2D eigenvalue weighted by molar-refractivity contribution is 5.92. The third kappa shape index (κ3) is 5.68. The summed E-state index contributed by atoms with van der Waals surface area (Å²) in [6.45, 7) is 2.42. The van der Waals surface area contributed by atoms with Gasteiger partial charge in [0, 0.05) is 24.3 Å². The van der Waals surface area contributed by atoms with Gasteiger partial charge in [-0.1, -0.05) is 37.3 Å². The number of nitrogens with one attached hydrogen (secondary N) is 1. The second-order valence-corrected chi connectivity index (χ2v) is 7.81. The van der Waals surface area contributed by atoms with Crippen molar-refractivity contribution in [3.05, 3.63) is 89.7 Å². The zero-order valence-electron chi connectivity index (χ0n) is 18.3. The minimum Gasteiger partial charge on any atom is -0.484 e. The standard InChI is InChI=1S/C26H25FN2O4/c1-2-23-26(31)29(15-18-8-10-20(27)11-9-18)16-19-14-21(12-13-24(19)33-23)28-25(30)17-32-22-6-4-3-5-7-22/h3-14,23H,2,15-17H2,1H3,(H,28,30). The summed E-state index contributed by atoms with van der Waals surface area (Å²) in [6.07, 6.45) is -0.0838. The van der Waals surface area contributed by atoms with Crippen LogP contribution in [0.5, 0.6) is 11.5 Å². The molecule has 3 aromatic rings. The molecular formula is C26H25FN2O4. The van der Waals surface area contributed by atoms with Crippen molar-refractivity contribution >= 4 is 17.5 Å². The lowest BCUT2D eigenvalue weighted by Gasteiger charge is -2.23. The first-order chi connectivity index (χ1) is 16.0. The molecule has 0 saturated heterocycles. The summed E-state index contributed by atoms with van der Waals surface area (Å²) in [4.78, 5) is 27.1. The van der Waals surface area contributed by atoms with Gasteiger partial charge in [0.25, 0.3) is 11.8 Å². The van der Waals surface area contributed by atoms with Crippen molar-refractivity contribution < 1.29 is 23.5 Å². The van der Waals surface area contributed by atoms with E-state index in [4.69, 9.17) is 9.47 Å². The summed E-state index contributed by atoms with van der Waals surface area (Å²) in [5.41, 5.74) is 2.19. The van der Waals surface area contributed by atoms with Crippen LogP contribution < -0.4 is 14.8 Å². The van der Waals surface area contributed by atoms with Crippen LogP contribution in [0.1, 0.15) is 24.5 Å². The summed E-state index contributed by atoms with van der Waals surface area (Å²) in [5, 5.41) is 2.83. The van der Waals surface area contributed by atoms with Crippen molar-refractivity contribution in [2.75, 3.05) is 11.9 Å². The minimum absolute atomic E-state index is 0.120. The fraction of sp³-hybridized carbons (Fsp3) is 0.231. The molecule has 0 aromatic heterocycles. The van der Waals surface area contributed by atoms with Crippen LogP contribution in [0.25, 0.3) is 0 Å². The zero-order valence-corrected chi connectivity index (χ0v) is 18.3. The number of fused-ring (bicyclic) bond motifs is 1. The number of nitrogens with zero attached hydrogens (tertiary/aromatic N) is 1. The Kier molecular flexibility index (Phi) is 6.88. The van der Waals surface area contributed by atoms with Crippen LogP contribution in [0.15, 0.2) is 72.8 Å². The van der Waals surface area contributed by atoms with Crippen molar-refractivity contribution in [1.82, 2.24) is 4.90 Å². The van der Waals surface area contributed by atoms with Gasteiger partial charge < -0.3 is 19.7 Å². The average Bonchev–Trinajstić information content (AvgIpc) is 2.96. The number of carbonyl (C=O) groups is 2. The number of amides is 2. The molecule has 0 fully saturated rings. The van der Waals surface area contributed by atoms with E-state index in [0.29, 0.717) is 36.7 Å². The van der Waals surface area contributed by atoms with E-state index < -0.39 is 6.10 Å². The highest BCUT2D eigenvalue weighted by atomic mass is 19.1. The highest BCUT2D eigenvalue weighted by Gasteiger charge is 2.30. The van der Waals surface area contributed by atoms with Gasteiger partial charge in [-0.05, 0) is 54.4 Å². The summed E-state index contributed by atoms with van der Waals surface area (Å²) < 4.78 is 24.7. The van der Waals surface area contributed by atoms with E-state index in [0.717, 1.165) is 11.1 Å². The fourth-order valence-corrected chi connectivity index (χ4v) is 3.65. The van der Waals surface area contributed by atoms with Crippen molar-refractivity contribution in [2.24, 2.45) is 0 Å². The van der Waals surface area contributed by atoms with Gasteiger partial charge in [0.1, 0.15) is 17.3 Å². The molecule has 0 aliphatic carbocycles. The molecule has 0 spiro atoms. The summed E-state index contributed by atoms with van der Waals surface area (Å²) >= 11 is 0. The monoisotopic (exact) mass is 448 g/mol. The number of rotatable bonds is 7. The topological polar surface area (TPSA) is 67.9 Å². The lowest BCUT2D eigenvalue weighted by Crippen LogP contribution is -2.38. The van der Waals surface area contributed by atoms with Crippen LogP contribution in [-0.2, 0) is 22.7 Å². The number of hydrogen-bond donors (Lipinski definition) is 1. The third-order valence-corrected chi connectivity index (χ3v) is 5.33. The van der Waals surface area contributed by atoms with Gasteiger partial charge in [-0.2, -0.15) is 0 Å². The largest absolute Gasteiger partial charge is 0.484 e. The fourth-order valence-electron chi connectivity index (χ4n) is 3.65. The van der Waals surface area contributed by atoms with E-state index in [9.17, 15) is 14.0 Å². The maximum Gasteiger partial charge on any atom is 0.264 e. The van der Waals surface area contributed by atoms with Gasteiger partial charge >= 0.3 is 0 Å². The Labute approximate surface area is 191 Å². The van der Waals surface area contributed by atoms with Crippen LogP contribution in [0, 0.1) is 5.82 Å². The van der Waals surface area contributed by atoms with Crippen molar-refractivity contribution in [3.63, 3.8) is 0 Å². The number of carbonyl (C=O) groups excluding carboxylic acids is 2. The molecule has 1 heterocycles. The Bertz CT molecular complexity index is 1120. The Hall–Kier alpha value is -3.87. The van der Waals surface area contributed by atoms with Gasteiger partial charge in [-0.3, -0.25) is 9.59 Å². The SMILES string of the molecule is CCC1Oc2ccc(NC(=O)COc3ccccc3)cc2CN(Cc2ccc(F)cc2)C1=O. The molecule has 0 bridgehead atoms. The molecule has 1 unspecified atom stereocenters. The van der Waals surface area contributed by atoms with Gasteiger partial charge in [-0.25, -0.2) is 4.39 Å². The molecule has 1 atom stereocenters. The molecule has 6 nitrogen and oxygen atoms in total. The number of hydrogen-bond acceptors (Lipinski definition) is 4. The maximum atomic E-state index is 13.3. The smallest absolute Gasteiger partial charge is 0.264 e. The summed E-state index contributed by atoms with van der Waals surface area (Å²) in [5.74, 6) is 0.482. The van der Waals surface area contributed by atoms with Crippen LogP contribution in [0.4, 0.5) is 10.1 Å². The minimum atomic E-state index is -0.605. The van der Waals surface area contributed by atoms with E-state index >= 15 is 0 Å². The lowest BCUT2D eigenvalue weighted by atomic mass is 10.1. The van der Waals surface area contributed by atoms with Crippen molar-refractivity contribution in [1.29, 1.82) is 0 Å². The van der Waals surface area contributed by atoms with Gasteiger partial charge in [-0.15, -0.1) is 0 Å². The molecule has 3 aromatic carbocycles. The van der Waals surface area contributed by atoms with Gasteiger partial charge in [0.05, 0.1) is 0 Å². The summed E-state index contributed by atoms with van der Waals surface area (Å²) in [7, 11) is 0. The number of anilines is 1. The van der Waals surface area contributed by atoms with E-state index in [1.807, 2.05) is 25.1 Å². The number of halogens is 1. The van der Waals surface area contributed by atoms with E-state index in [-0.39, 0.29) is 24.2 Å².